The van der Waals surface area contributed by atoms with Crippen LogP contribution in [0.2, 0.25) is 0 Å². The number of guanidine groups is 1. The minimum Gasteiger partial charge on any atom is -0.497 e. The van der Waals surface area contributed by atoms with Gasteiger partial charge in [-0.3, -0.25) is 4.79 Å². The van der Waals surface area contributed by atoms with Crippen LogP contribution in [0.4, 0.5) is 0 Å². The second-order valence-electron chi connectivity index (χ2n) is 8.19. The summed E-state index contributed by atoms with van der Waals surface area (Å²) in [5.74, 6) is 2.61. The smallest absolute Gasteiger partial charge is 0.223 e. The lowest BCUT2D eigenvalue weighted by Gasteiger charge is -2.30. The third-order valence-electron chi connectivity index (χ3n) is 5.06. The molecule has 0 aromatic heterocycles. The highest BCUT2D eigenvalue weighted by Crippen LogP contribution is 2.24. The van der Waals surface area contributed by atoms with Crippen molar-refractivity contribution in [3.8, 4) is 11.5 Å². The van der Waals surface area contributed by atoms with Gasteiger partial charge in [-0.25, -0.2) is 4.99 Å². The zero-order valence-corrected chi connectivity index (χ0v) is 21.8. The second kappa shape index (κ2) is 14.4. The van der Waals surface area contributed by atoms with Gasteiger partial charge in [-0.1, -0.05) is 6.42 Å². The summed E-state index contributed by atoms with van der Waals surface area (Å²) in [5.41, 5.74) is 0. The van der Waals surface area contributed by atoms with Crippen LogP contribution in [0.25, 0.3) is 0 Å². The molecule has 1 aliphatic rings. The minimum absolute atomic E-state index is 0. The van der Waals surface area contributed by atoms with Crippen molar-refractivity contribution in [1.29, 1.82) is 0 Å². The van der Waals surface area contributed by atoms with Gasteiger partial charge in [0.1, 0.15) is 17.6 Å². The molecule has 0 heterocycles. The van der Waals surface area contributed by atoms with Crippen LogP contribution in [0.3, 0.4) is 0 Å². The molecular formula is C23H39IN4O3. The Hall–Kier alpha value is -1.71. The molecule has 0 saturated heterocycles. The number of ether oxygens (including phenoxy) is 2. The van der Waals surface area contributed by atoms with Crippen LogP contribution >= 0.6 is 24.0 Å². The molecule has 2 rings (SSSR count). The Morgan fingerprint density at radius 2 is 1.84 bits per heavy atom. The number of halogens is 1. The molecule has 7 nitrogen and oxygen atoms in total. The van der Waals surface area contributed by atoms with E-state index in [4.69, 9.17) is 14.5 Å². The number of rotatable bonds is 9. The fraction of sp³-hybridized carbons (Fsp3) is 0.652. The molecule has 1 amide bonds. The topological polar surface area (TPSA) is 84.0 Å². The van der Waals surface area contributed by atoms with E-state index in [1.165, 1.54) is 0 Å². The van der Waals surface area contributed by atoms with Crippen LogP contribution in [0.15, 0.2) is 29.3 Å². The van der Waals surface area contributed by atoms with E-state index < -0.39 is 0 Å². The third-order valence-corrected chi connectivity index (χ3v) is 5.06. The number of hydrogen-bond donors (Lipinski definition) is 3. The summed E-state index contributed by atoms with van der Waals surface area (Å²) in [7, 11) is 1.65. The molecule has 1 aromatic carbocycles. The van der Waals surface area contributed by atoms with Gasteiger partial charge in [-0.2, -0.15) is 0 Å². The summed E-state index contributed by atoms with van der Waals surface area (Å²) in [6.07, 6.45) is 3.82. The van der Waals surface area contributed by atoms with Crippen molar-refractivity contribution in [1.82, 2.24) is 16.0 Å². The lowest BCUT2D eigenvalue weighted by molar-refractivity contribution is -0.126. The standard InChI is InChI=1S/C23H38N4O3.HI/c1-6-24-23(25-15-17(4)30-21-12-10-20(29-5)11-13-21)27-19-9-7-8-18(14-19)22(28)26-16(2)3;/h10-13,16-19H,6-9,14-15H2,1-5H3,(H,26,28)(H2,24,25,27);1H. The van der Waals surface area contributed by atoms with Gasteiger partial charge in [-0.15, -0.1) is 24.0 Å². The predicted molar refractivity (Wildman–Crippen MR) is 137 cm³/mol. The first-order valence-electron chi connectivity index (χ1n) is 11.1. The average molecular weight is 546 g/mol. The maximum Gasteiger partial charge on any atom is 0.223 e. The highest BCUT2D eigenvalue weighted by molar-refractivity contribution is 14.0. The summed E-state index contributed by atoms with van der Waals surface area (Å²) < 4.78 is 11.1. The Morgan fingerprint density at radius 1 is 1.16 bits per heavy atom. The van der Waals surface area contributed by atoms with Crippen molar-refractivity contribution in [3.63, 3.8) is 0 Å². The van der Waals surface area contributed by atoms with E-state index >= 15 is 0 Å². The molecule has 31 heavy (non-hydrogen) atoms. The molecule has 1 saturated carbocycles. The largest absolute Gasteiger partial charge is 0.497 e. The molecule has 1 aliphatic carbocycles. The fourth-order valence-electron chi connectivity index (χ4n) is 3.62. The normalized spacial score (nSPS) is 19.7. The van der Waals surface area contributed by atoms with Crippen LogP contribution < -0.4 is 25.4 Å². The number of nitrogens with one attached hydrogen (secondary N) is 3. The molecule has 0 radical (unpaired) electrons. The summed E-state index contributed by atoms with van der Waals surface area (Å²) in [5, 5.41) is 9.87. The number of amides is 1. The number of hydrogen-bond acceptors (Lipinski definition) is 4. The van der Waals surface area contributed by atoms with Gasteiger partial charge in [0, 0.05) is 24.5 Å². The van der Waals surface area contributed by atoms with Gasteiger partial charge in [0.15, 0.2) is 5.96 Å². The monoisotopic (exact) mass is 546 g/mol. The van der Waals surface area contributed by atoms with Gasteiger partial charge in [-0.05, 0) is 71.2 Å². The van der Waals surface area contributed by atoms with Crippen molar-refractivity contribution in [2.24, 2.45) is 10.9 Å². The summed E-state index contributed by atoms with van der Waals surface area (Å²) in [4.78, 5) is 17.1. The van der Waals surface area contributed by atoms with E-state index in [9.17, 15) is 4.79 Å². The first kappa shape index (κ1) is 27.3. The lowest BCUT2D eigenvalue weighted by atomic mass is 9.85. The summed E-state index contributed by atoms with van der Waals surface area (Å²) in [6, 6.07) is 7.98. The fourth-order valence-corrected chi connectivity index (χ4v) is 3.62. The molecule has 3 N–H and O–H groups in total. The number of carbonyl (C=O) groups is 1. The van der Waals surface area contributed by atoms with E-state index in [-0.39, 0.29) is 54.0 Å². The molecule has 176 valence electrons. The van der Waals surface area contributed by atoms with E-state index in [2.05, 4.69) is 16.0 Å². The summed E-state index contributed by atoms with van der Waals surface area (Å²) in [6.45, 7) is 9.37. The Balaban J connectivity index is 0.00000480. The Kier molecular flexibility index (Phi) is 12.7. The van der Waals surface area contributed by atoms with E-state index in [0.717, 1.165) is 49.7 Å². The lowest BCUT2D eigenvalue weighted by Crippen LogP contribution is -2.47. The first-order chi connectivity index (χ1) is 14.4. The van der Waals surface area contributed by atoms with Crippen LogP contribution in [0.5, 0.6) is 11.5 Å². The molecule has 0 spiro atoms. The zero-order valence-electron chi connectivity index (χ0n) is 19.4. The highest BCUT2D eigenvalue weighted by atomic mass is 127. The number of aliphatic imine (C=N–C) groups is 1. The average Bonchev–Trinajstić information content (AvgIpc) is 2.72. The van der Waals surface area contributed by atoms with Crippen LogP contribution in [0, 0.1) is 5.92 Å². The number of nitrogens with zero attached hydrogens (tertiary/aromatic N) is 1. The van der Waals surface area contributed by atoms with E-state index in [1.54, 1.807) is 7.11 Å². The van der Waals surface area contributed by atoms with Gasteiger partial charge in [0.25, 0.3) is 0 Å². The van der Waals surface area contributed by atoms with Crippen molar-refractivity contribution in [2.75, 3.05) is 20.2 Å². The van der Waals surface area contributed by atoms with E-state index in [1.807, 2.05) is 52.0 Å². The Morgan fingerprint density at radius 3 is 2.45 bits per heavy atom. The zero-order chi connectivity index (χ0) is 21.9. The van der Waals surface area contributed by atoms with Crippen LogP contribution in [0.1, 0.15) is 53.4 Å². The molecule has 3 unspecified atom stereocenters. The van der Waals surface area contributed by atoms with Crippen molar-refractivity contribution < 1.29 is 14.3 Å². The maximum atomic E-state index is 12.4. The first-order valence-corrected chi connectivity index (χ1v) is 11.1. The molecule has 3 atom stereocenters. The van der Waals surface area contributed by atoms with Gasteiger partial charge >= 0.3 is 0 Å². The van der Waals surface area contributed by atoms with Gasteiger partial charge < -0.3 is 25.4 Å². The molecule has 8 heteroatoms. The minimum atomic E-state index is -0.0650. The van der Waals surface area contributed by atoms with Crippen molar-refractivity contribution >= 4 is 35.8 Å². The van der Waals surface area contributed by atoms with Crippen molar-refractivity contribution in [3.05, 3.63) is 24.3 Å². The second-order valence-corrected chi connectivity index (χ2v) is 8.19. The SMILES string of the molecule is CCNC(=NCC(C)Oc1ccc(OC)cc1)NC1CCCC(C(=O)NC(C)C)C1.I. The molecular weight excluding hydrogens is 507 g/mol. The number of methoxy groups -OCH3 is 1. The summed E-state index contributed by atoms with van der Waals surface area (Å²) >= 11 is 0. The third kappa shape index (κ3) is 9.97. The molecule has 1 fully saturated rings. The number of benzene rings is 1. The van der Waals surface area contributed by atoms with Gasteiger partial charge in [0.2, 0.25) is 5.91 Å². The Labute approximate surface area is 204 Å². The van der Waals surface area contributed by atoms with Crippen molar-refractivity contribution in [2.45, 2.75) is 71.6 Å². The predicted octanol–water partition coefficient (Wildman–Crippen LogP) is 3.72. The van der Waals surface area contributed by atoms with Crippen LogP contribution in [-0.4, -0.2) is 50.3 Å². The van der Waals surface area contributed by atoms with E-state index in [0.29, 0.717) is 6.54 Å². The maximum absolute atomic E-state index is 12.4. The van der Waals surface area contributed by atoms with Gasteiger partial charge in [0.05, 0.1) is 13.7 Å². The molecule has 1 aromatic rings. The Bertz CT molecular complexity index is 682. The molecule has 0 aliphatic heterocycles. The number of carbonyl (C=O) groups excluding carboxylic acids is 1. The quantitative estimate of drug-likeness (QED) is 0.250. The highest BCUT2D eigenvalue weighted by Gasteiger charge is 2.28. The van der Waals surface area contributed by atoms with Crippen LogP contribution in [-0.2, 0) is 4.79 Å². The molecule has 0 bridgehead atoms.